The summed E-state index contributed by atoms with van der Waals surface area (Å²) in [5.41, 5.74) is 4.27. The lowest BCUT2D eigenvalue weighted by Crippen LogP contribution is -2.08. The lowest BCUT2D eigenvalue weighted by molar-refractivity contribution is 0.221. The number of aryl methyl sites for hydroxylation is 1. The molecule has 0 fully saturated rings. The van der Waals surface area contributed by atoms with Crippen LogP contribution in [0.2, 0.25) is 0 Å². The molecular formula is C17H19N3O. The zero-order valence-corrected chi connectivity index (χ0v) is 12.6. The van der Waals surface area contributed by atoms with Crippen LogP contribution in [0, 0.1) is 6.92 Å². The summed E-state index contributed by atoms with van der Waals surface area (Å²) in [4.78, 5) is 0. The van der Waals surface area contributed by atoms with Gasteiger partial charge in [0.15, 0.2) is 6.73 Å². The lowest BCUT2D eigenvalue weighted by Gasteiger charge is -2.12. The van der Waals surface area contributed by atoms with Gasteiger partial charge in [0.1, 0.15) is 11.3 Å². The van der Waals surface area contributed by atoms with Gasteiger partial charge in [-0.3, -0.25) is 0 Å². The summed E-state index contributed by atoms with van der Waals surface area (Å²) in [7, 11) is 0. The van der Waals surface area contributed by atoms with E-state index in [1.54, 1.807) is 4.68 Å². The van der Waals surface area contributed by atoms with Crippen LogP contribution in [0.1, 0.15) is 30.9 Å². The van der Waals surface area contributed by atoms with Crippen molar-refractivity contribution in [2.45, 2.75) is 33.4 Å². The van der Waals surface area contributed by atoms with Gasteiger partial charge < -0.3 is 4.74 Å². The zero-order chi connectivity index (χ0) is 14.8. The highest BCUT2D eigenvalue weighted by molar-refractivity contribution is 5.73. The van der Waals surface area contributed by atoms with Crippen molar-refractivity contribution in [1.82, 2.24) is 15.0 Å². The third-order valence-corrected chi connectivity index (χ3v) is 3.64. The van der Waals surface area contributed by atoms with Gasteiger partial charge >= 0.3 is 0 Å². The summed E-state index contributed by atoms with van der Waals surface area (Å²) in [5.74, 6) is 1.39. The predicted octanol–water partition coefficient (Wildman–Crippen LogP) is 3.90. The van der Waals surface area contributed by atoms with Crippen molar-refractivity contribution in [3.63, 3.8) is 0 Å². The minimum Gasteiger partial charge on any atom is -0.471 e. The average molecular weight is 281 g/mol. The maximum absolute atomic E-state index is 5.94. The summed E-state index contributed by atoms with van der Waals surface area (Å²) < 4.78 is 7.72. The van der Waals surface area contributed by atoms with E-state index in [1.165, 1.54) is 5.56 Å². The van der Waals surface area contributed by atoms with Crippen LogP contribution in [0.4, 0.5) is 0 Å². The number of ether oxygens (including phenoxy) is 1. The van der Waals surface area contributed by atoms with Crippen LogP contribution >= 0.6 is 0 Å². The Morgan fingerprint density at radius 2 is 1.95 bits per heavy atom. The minimum absolute atomic E-state index is 0.364. The largest absolute Gasteiger partial charge is 0.471 e. The van der Waals surface area contributed by atoms with Crippen molar-refractivity contribution in [3.8, 4) is 5.75 Å². The second-order valence-corrected chi connectivity index (χ2v) is 5.53. The molecule has 0 atom stereocenters. The molecule has 3 rings (SSSR count). The SMILES string of the molecule is Cc1ccc(C(C)C)cc1OCn1nnc2ccccc21. The normalized spacial score (nSPS) is 11.2. The molecule has 0 unspecified atom stereocenters. The molecule has 0 saturated heterocycles. The van der Waals surface area contributed by atoms with Gasteiger partial charge in [-0.15, -0.1) is 5.10 Å². The van der Waals surface area contributed by atoms with Crippen LogP contribution in [0.25, 0.3) is 11.0 Å². The van der Waals surface area contributed by atoms with E-state index in [4.69, 9.17) is 4.74 Å². The molecule has 0 aliphatic heterocycles. The van der Waals surface area contributed by atoms with Crippen LogP contribution in [0.3, 0.4) is 0 Å². The third kappa shape index (κ3) is 2.75. The van der Waals surface area contributed by atoms with Crippen molar-refractivity contribution < 1.29 is 4.74 Å². The van der Waals surface area contributed by atoms with Gasteiger partial charge in [-0.05, 0) is 42.2 Å². The number of benzene rings is 2. The topological polar surface area (TPSA) is 39.9 Å². The second kappa shape index (κ2) is 5.56. The Bertz CT molecular complexity index is 762. The van der Waals surface area contributed by atoms with Crippen LogP contribution in [0.5, 0.6) is 5.75 Å². The molecule has 4 heteroatoms. The fourth-order valence-electron chi connectivity index (χ4n) is 2.27. The number of hydrogen-bond donors (Lipinski definition) is 0. The Morgan fingerprint density at radius 3 is 2.76 bits per heavy atom. The van der Waals surface area contributed by atoms with E-state index in [9.17, 15) is 0 Å². The van der Waals surface area contributed by atoms with E-state index in [-0.39, 0.29) is 0 Å². The number of fused-ring (bicyclic) bond motifs is 1. The fourth-order valence-corrected chi connectivity index (χ4v) is 2.27. The highest BCUT2D eigenvalue weighted by atomic mass is 16.5. The molecule has 0 amide bonds. The number of aromatic nitrogens is 3. The Labute approximate surface area is 124 Å². The first-order valence-electron chi connectivity index (χ1n) is 7.17. The molecule has 4 nitrogen and oxygen atoms in total. The lowest BCUT2D eigenvalue weighted by atomic mass is 10.0. The maximum atomic E-state index is 5.94. The fraction of sp³-hybridized carbons (Fsp3) is 0.294. The van der Waals surface area contributed by atoms with E-state index >= 15 is 0 Å². The third-order valence-electron chi connectivity index (χ3n) is 3.64. The first-order chi connectivity index (χ1) is 10.1. The maximum Gasteiger partial charge on any atom is 0.183 e. The molecular weight excluding hydrogens is 262 g/mol. The minimum atomic E-state index is 0.364. The van der Waals surface area contributed by atoms with Gasteiger partial charge in [-0.2, -0.15) is 0 Å². The van der Waals surface area contributed by atoms with E-state index in [2.05, 4.69) is 49.3 Å². The molecule has 0 radical (unpaired) electrons. The summed E-state index contributed by atoms with van der Waals surface area (Å²) in [5, 5.41) is 8.27. The van der Waals surface area contributed by atoms with Crippen molar-refractivity contribution in [2.75, 3.05) is 0 Å². The highest BCUT2D eigenvalue weighted by Gasteiger charge is 2.07. The van der Waals surface area contributed by atoms with Gasteiger partial charge in [0.25, 0.3) is 0 Å². The van der Waals surface area contributed by atoms with Crippen LogP contribution in [-0.4, -0.2) is 15.0 Å². The monoisotopic (exact) mass is 281 g/mol. The molecule has 108 valence electrons. The van der Waals surface area contributed by atoms with Gasteiger partial charge in [-0.25, -0.2) is 4.68 Å². The van der Waals surface area contributed by atoms with Crippen molar-refractivity contribution in [2.24, 2.45) is 0 Å². The number of nitrogens with zero attached hydrogens (tertiary/aromatic N) is 3. The van der Waals surface area contributed by atoms with Gasteiger partial charge in [0, 0.05) is 0 Å². The molecule has 1 heterocycles. The summed E-state index contributed by atoms with van der Waals surface area (Å²) in [6, 6.07) is 14.2. The second-order valence-electron chi connectivity index (χ2n) is 5.53. The molecule has 0 spiro atoms. The number of rotatable bonds is 4. The molecule has 0 aliphatic carbocycles. The van der Waals surface area contributed by atoms with Crippen LogP contribution in [0.15, 0.2) is 42.5 Å². The Morgan fingerprint density at radius 1 is 1.14 bits per heavy atom. The highest BCUT2D eigenvalue weighted by Crippen LogP contribution is 2.24. The molecule has 1 aromatic heterocycles. The van der Waals surface area contributed by atoms with Gasteiger partial charge in [0.2, 0.25) is 0 Å². The molecule has 0 N–H and O–H groups in total. The Kier molecular flexibility index (Phi) is 3.60. The molecule has 0 bridgehead atoms. The van der Waals surface area contributed by atoms with Crippen LogP contribution in [-0.2, 0) is 6.73 Å². The number of para-hydroxylation sites is 1. The van der Waals surface area contributed by atoms with E-state index in [1.807, 2.05) is 24.3 Å². The standard InChI is InChI=1S/C17H19N3O/c1-12(2)14-9-8-13(3)17(10-14)21-11-20-16-7-5-4-6-15(16)18-19-20/h4-10,12H,11H2,1-3H3. The Hall–Kier alpha value is -2.36. The molecule has 2 aromatic carbocycles. The quantitative estimate of drug-likeness (QED) is 0.728. The van der Waals surface area contributed by atoms with E-state index in [0.717, 1.165) is 22.3 Å². The van der Waals surface area contributed by atoms with Crippen LogP contribution < -0.4 is 4.74 Å². The average Bonchev–Trinajstić information content (AvgIpc) is 2.89. The first kappa shape index (κ1) is 13.6. The molecule has 0 aliphatic rings. The van der Waals surface area contributed by atoms with Gasteiger partial charge in [0.05, 0.1) is 5.52 Å². The smallest absolute Gasteiger partial charge is 0.183 e. The summed E-state index contributed by atoms with van der Waals surface area (Å²) >= 11 is 0. The summed E-state index contributed by atoms with van der Waals surface area (Å²) in [6.45, 7) is 6.78. The zero-order valence-electron chi connectivity index (χ0n) is 12.6. The molecule has 0 saturated carbocycles. The Balaban J connectivity index is 1.83. The first-order valence-corrected chi connectivity index (χ1v) is 7.17. The van der Waals surface area contributed by atoms with Gasteiger partial charge in [-0.1, -0.05) is 43.3 Å². The van der Waals surface area contributed by atoms with Crippen molar-refractivity contribution >= 4 is 11.0 Å². The number of hydrogen-bond acceptors (Lipinski definition) is 3. The molecule has 3 aromatic rings. The van der Waals surface area contributed by atoms with Crippen molar-refractivity contribution in [1.29, 1.82) is 0 Å². The van der Waals surface area contributed by atoms with E-state index in [0.29, 0.717) is 12.6 Å². The predicted molar refractivity (Wildman–Crippen MR) is 83.4 cm³/mol. The van der Waals surface area contributed by atoms with E-state index < -0.39 is 0 Å². The molecule has 21 heavy (non-hydrogen) atoms. The summed E-state index contributed by atoms with van der Waals surface area (Å²) in [6.07, 6.45) is 0. The van der Waals surface area contributed by atoms with Crippen molar-refractivity contribution in [3.05, 3.63) is 53.6 Å².